The van der Waals surface area contributed by atoms with Crippen LogP contribution in [-0.2, 0) is 0 Å². The van der Waals surface area contributed by atoms with Crippen molar-refractivity contribution in [2.24, 2.45) is 0 Å². The molecule has 94 valence electrons. The lowest BCUT2D eigenvalue weighted by atomic mass is 10.2. The van der Waals surface area contributed by atoms with Crippen LogP contribution in [0, 0.1) is 0 Å². The third-order valence-electron chi connectivity index (χ3n) is 2.60. The van der Waals surface area contributed by atoms with Gasteiger partial charge in [0.1, 0.15) is 10.7 Å². The molecule has 1 aromatic carbocycles. The first-order valence-electron chi connectivity index (χ1n) is 5.37. The van der Waals surface area contributed by atoms with Gasteiger partial charge in [0.05, 0.1) is 11.1 Å². The van der Waals surface area contributed by atoms with Crippen LogP contribution in [-0.4, -0.2) is 31.1 Å². The number of benzene rings is 1. The van der Waals surface area contributed by atoms with E-state index >= 15 is 0 Å². The minimum absolute atomic E-state index is 0.0505. The molecule has 2 heterocycles. The Hall–Kier alpha value is -2.47. The van der Waals surface area contributed by atoms with Crippen molar-refractivity contribution in [3.05, 3.63) is 47.1 Å². The van der Waals surface area contributed by atoms with E-state index in [2.05, 4.69) is 15.3 Å². The number of aromatic nitrogens is 4. The van der Waals surface area contributed by atoms with Gasteiger partial charge in [-0.1, -0.05) is 28.9 Å². The molecule has 6 nitrogen and oxygen atoms in total. The van der Waals surface area contributed by atoms with Crippen molar-refractivity contribution in [1.29, 1.82) is 0 Å². The zero-order valence-electron chi connectivity index (χ0n) is 9.49. The maximum atomic E-state index is 11.0. The quantitative estimate of drug-likeness (QED) is 0.724. The Morgan fingerprint density at radius 1 is 1.26 bits per heavy atom. The van der Waals surface area contributed by atoms with Crippen LogP contribution in [0.1, 0.15) is 10.4 Å². The van der Waals surface area contributed by atoms with E-state index in [9.17, 15) is 4.79 Å². The van der Waals surface area contributed by atoms with Gasteiger partial charge in [-0.15, -0.1) is 5.10 Å². The summed E-state index contributed by atoms with van der Waals surface area (Å²) in [5.41, 5.74) is 1.48. The maximum Gasteiger partial charge on any atom is 0.335 e. The van der Waals surface area contributed by atoms with E-state index in [1.54, 1.807) is 0 Å². The number of nitrogens with zero attached hydrogens (tertiary/aromatic N) is 4. The number of para-hydroxylation sites is 1. The topological polar surface area (TPSA) is 80.9 Å². The first-order chi connectivity index (χ1) is 9.15. The molecule has 3 aromatic rings. The molecule has 0 radical (unpaired) electrons. The number of fused-ring (bicyclic) bond motifs is 1. The standard InChI is InChI=1S/C12H7ClN4O2/c13-10-5-7(12(18)19)6-11(14-10)17-9-4-2-1-3-8(9)15-16-17/h1-6H,(H,18,19). The van der Waals surface area contributed by atoms with Crippen LogP contribution in [0.25, 0.3) is 16.9 Å². The summed E-state index contributed by atoms with van der Waals surface area (Å²) in [6.45, 7) is 0. The summed E-state index contributed by atoms with van der Waals surface area (Å²) in [6, 6.07) is 9.99. The second-order valence-corrected chi connectivity index (χ2v) is 4.22. The van der Waals surface area contributed by atoms with Crippen LogP contribution in [0.15, 0.2) is 36.4 Å². The Kier molecular flexibility index (Phi) is 2.64. The van der Waals surface area contributed by atoms with E-state index in [4.69, 9.17) is 16.7 Å². The third-order valence-corrected chi connectivity index (χ3v) is 2.79. The Labute approximate surface area is 112 Å². The smallest absolute Gasteiger partial charge is 0.335 e. The van der Waals surface area contributed by atoms with Crippen LogP contribution < -0.4 is 0 Å². The van der Waals surface area contributed by atoms with Gasteiger partial charge in [-0.2, -0.15) is 4.68 Å². The number of carboxylic acids is 1. The molecule has 0 atom stereocenters. The van der Waals surface area contributed by atoms with E-state index in [0.29, 0.717) is 11.3 Å². The van der Waals surface area contributed by atoms with Crippen molar-refractivity contribution < 1.29 is 9.90 Å². The molecule has 0 spiro atoms. The van der Waals surface area contributed by atoms with E-state index < -0.39 is 5.97 Å². The summed E-state index contributed by atoms with van der Waals surface area (Å²) < 4.78 is 1.45. The minimum Gasteiger partial charge on any atom is -0.478 e. The molecule has 0 unspecified atom stereocenters. The first kappa shape index (κ1) is 11.6. The lowest BCUT2D eigenvalue weighted by Crippen LogP contribution is -2.04. The molecule has 0 saturated carbocycles. The molecule has 0 fully saturated rings. The van der Waals surface area contributed by atoms with Gasteiger partial charge in [0.2, 0.25) is 0 Å². The van der Waals surface area contributed by atoms with E-state index in [0.717, 1.165) is 5.52 Å². The summed E-state index contributed by atoms with van der Waals surface area (Å²) in [6.07, 6.45) is 0. The van der Waals surface area contributed by atoms with Gasteiger partial charge in [-0.25, -0.2) is 9.78 Å². The number of rotatable bonds is 2. The van der Waals surface area contributed by atoms with Crippen molar-refractivity contribution in [3.63, 3.8) is 0 Å². The Morgan fingerprint density at radius 3 is 2.84 bits per heavy atom. The zero-order valence-corrected chi connectivity index (χ0v) is 10.2. The highest BCUT2D eigenvalue weighted by molar-refractivity contribution is 6.29. The number of carbonyl (C=O) groups is 1. The molecule has 0 aliphatic carbocycles. The lowest BCUT2D eigenvalue weighted by Gasteiger charge is -2.03. The molecule has 19 heavy (non-hydrogen) atoms. The molecule has 7 heteroatoms. The van der Waals surface area contributed by atoms with Gasteiger partial charge in [-0.05, 0) is 24.3 Å². The largest absolute Gasteiger partial charge is 0.478 e. The van der Waals surface area contributed by atoms with Gasteiger partial charge in [0.15, 0.2) is 5.82 Å². The number of halogens is 1. The molecular formula is C12H7ClN4O2. The normalized spacial score (nSPS) is 10.8. The van der Waals surface area contributed by atoms with Crippen LogP contribution in [0.4, 0.5) is 0 Å². The highest BCUT2D eigenvalue weighted by Gasteiger charge is 2.12. The average molecular weight is 275 g/mol. The van der Waals surface area contributed by atoms with Crippen LogP contribution >= 0.6 is 11.6 Å². The monoisotopic (exact) mass is 274 g/mol. The Balaban J connectivity index is 2.24. The molecule has 1 N–H and O–H groups in total. The third kappa shape index (κ3) is 2.02. The second-order valence-electron chi connectivity index (χ2n) is 3.83. The van der Waals surface area contributed by atoms with Crippen molar-refractivity contribution in [1.82, 2.24) is 20.0 Å². The fourth-order valence-corrected chi connectivity index (χ4v) is 1.96. The second kappa shape index (κ2) is 4.33. The maximum absolute atomic E-state index is 11.0. The summed E-state index contributed by atoms with van der Waals surface area (Å²) in [5, 5.41) is 17.0. The first-order valence-corrected chi connectivity index (χ1v) is 5.74. The van der Waals surface area contributed by atoms with Gasteiger partial charge < -0.3 is 5.11 Å². The fraction of sp³-hybridized carbons (Fsp3) is 0. The SMILES string of the molecule is O=C(O)c1cc(Cl)nc(-n2nnc3ccccc32)c1. The highest BCUT2D eigenvalue weighted by Crippen LogP contribution is 2.18. The van der Waals surface area contributed by atoms with E-state index in [-0.39, 0.29) is 10.7 Å². The Morgan fingerprint density at radius 2 is 2.05 bits per heavy atom. The van der Waals surface area contributed by atoms with Gasteiger partial charge >= 0.3 is 5.97 Å². The predicted molar refractivity (Wildman–Crippen MR) is 68.6 cm³/mol. The van der Waals surface area contributed by atoms with Gasteiger partial charge in [-0.3, -0.25) is 0 Å². The fourth-order valence-electron chi connectivity index (χ4n) is 1.75. The summed E-state index contributed by atoms with van der Waals surface area (Å²) in [4.78, 5) is 15.1. The molecule has 0 saturated heterocycles. The van der Waals surface area contributed by atoms with Gasteiger partial charge in [0, 0.05) is 0 Å². The minimum atomic E-state index is -1.07. The molecular weight excluding hydrogens is 268 g/mol. The van der Waals surface area contributed by atoms with Crippen molar-refractivity contribution >= 4 is 28.6 Å². The van der Waals surface area contributed by atoms with E-state index in [1.165, 1.54) is 16.8 Å². The van der Waals surface area contributed by atoms with Crippen LogP contribution in [0.2, 0.25) is 5.15 Å². The number of hydrogen-bond donors (Lipinski definition) is 1. The van der Waals surface area contributed by atoms with Crippen molar-refractivity contribution in [2.75, 3.05) is 0 Å². The van der Waals surface area contributed by atoms with Crippen LogP contribution in [0.5, 0.6) is 0 Å². The zero-order chi connectivity index (χ0) is 13.4. The Bertz CT molecular complexity index is 784. The lowest BCUT2D eigenvalue weighted by molar-refractivity contribution is 0.0696. The molecule has 2 aromatic heterocycles. The average Bonchev–Trinajstić information content (AvgIpc) is 2.81. The number of carboxylic acid groups (broad SMARTS) is 1. The molecule has 3 rings (SSSR count). The predicted octanol–water partition coefficient (Wildman–Crippen LogP) is 2.17. The molecule has 0 aliphatic heterocycles. The number of hydrogen-bond acceptors (Lipinski definition) is 4. The molecule has 0 bridgehead atoms. The summed E-state index contributed by atoms with van der Waals surface area (Å²) in [5.74, 6) is -0.756. The number of aromatic carboxylic acids is 1. The highest BCUT2D eigenvalue weighted by atomic mass is 35.5. The van der Waals surface area contributed by atoms with Crippen molar-refractivity contribution in [2.45, 2.75) is 0 Å². The van der Waals surface area contributed by atoms with E-state index in [1.807, 2.05) is 24.3 Å². The van der Waals surface area contributed by atoms with Crippen molar-refractivity contribution in [3.8, 4) is 5.82 Å². The van der Waals surface area contributed by atoms with Gasteiger partial charge in [0.25, 0.3) is 0 Å². The summed E-state index contributed by atoms with van der Waals surface area (Å²) >= 11 is 5.83. The summed E-state index contributed by atoms with van der Waals surface area (Å²) in [7, 11) is 0. The van der Waals surface area contributed by atoms with Crippen LogP contribution in [0.3, 0.4) is 0 Å². The molecule has 0 amide bonds. The number of pyridine rings is 1. The molecule has 0 aliphatic rings.